The zero-order chi connectivity index (χ0) is 11.3. The van der Waals surface area contributed by atoms with E-state index in [1.165, 1.54) is 6.92 Å². The molecule has 1 heterocycles. The van der Waals surface area contributed by atoms with Crippen molar-refractivity contribution in [2.24, 2.45) is 16.8 Å². The molecule has 1 fully saturated rings. The van der Waals surface area contributed by atoms with E-state index in [0.29, 0.717) is 5.92 Å². The van der Waals surface area contributed by atoms with Gasteiger partial charge in [0.2, 0.25) is 11.9 Å². The van der Waals surface area contributed by atoms with E-state index in [-0.39, 0.29) is 11.9 Å². The second kappa shape index (κ2) is 5.43. The molecular weight excluding hydrogens is 196 g/mol. The smallest absolute Gasteiger partial charge is 0.233 e. The molecule has 0 unspecified atom stereocenters. The number of carbonyl (C=O) groups is 1. The number of likely N-dealkylation sites (tertiary alicyclic amines) is 1. The van der Waals surface area contributed by atoms with Crippen LogP contribution in [0, 0.1) is 5.92 Å². The number of guanidine groups is 1. The minimum Gasteiger partial charge on any atom is -0.408 e. The van der Waals surface area contributed by atoms with Gasteiger partial charge < -0.3 is 21.2 Å². The van der Waals surface area contributed by atoms with Crippen molar-refractivity contribution in [2.75, 3.05) is 19.6 Å². The van der Waals surface area contributed by atoms with Gasteiger partial charge in [-0.15, -0.1) is 0 Å². The molecule has 4 N–H and O–H groups in total. The monoisotopic (exact) mass is 214 g/mol. The summed E-state index contributed by atoms with van der Waals surface area (Å²) in [5.74, 6) is 0.679. The number of nitrogens with two attached hydrogens (primary N) is 1. The SMILES string of the molecule is CC(=O)NCC1CCN(C(N)=NO)CC1. The Hall–Kier alpha value is -1.46. The summed E-state index contributed by atoms with van der Waals surface area (Å²) in [4.78, 5) is 12.5. The van der Waals surface area contributed by atoms with E-state index < -0.39 is 0 Å². The van der Waals surface area contributed by atoms with Crippen LogP contribution in [-0.2, 0) is 4.79 Å². The molecular formula is C9H18N4O2. The average Bonchev–Trinajstić information content (AvgIpc) is 2.26. The van der Waals surface area contributed by atoms with Crippen molar-refractivity contribution in [3.05, 3.63) is 0 Å². The molecule has 0 aliphatic carbocycles. The van der Waals surface area contributed by atoms with Crippen LogP contribution in [0.15, 0.2) is 5.16 Å². The molecule has 0 aromatic carbocycles. The normalized spacial score (nSPS) is 19.0. The van der Waals surface area contributed by atoms with E-state index in [1.54, 1.807) is 0 Å². The summed E-state index contributed by atoms with van der Waals surface area (Å²) in [5, 5.41) is 14.3. The third-order valence-electron chi connectivity index (χ3n) is 2.68. The first-order chi connectivity index (χ1) is 7.13. The lowest BCUT2D eigenvalue weighted by molar-refractivity contribution is -0.119. The van der Waals surface area contributed by atoms with E-state index in [1.807, 2.05) is 4.90 Å². The van der Waals surface area contributed by atoms with Crippen LogP contribution in [0.25, 0.3) is 0 Å². The summed E-state index contributed by atoms with van der Waals surface area (Å²) in [6, 6.07) is 0. The maximum atomic E-state index is 10.7. The number of nitrogens with zero attached hydrogens (tertiary/aromatic N) is 2. The number of amides is 1. The van der Waals surface area contributed by atoms with Crippen LogP contribution in [0.2, 0.25) is 0 Å². The third kappa shape index (κ3) is 3.65. The van der Waals surface area contributed by atoms with Crippen molar-refractivity contribution in [1.82, 2.24) is 10.2 Å². The molecule has 1 amide bonds. The first-order valence-corrected chi connectivity index (χ1v) is 5.10. The summed E-state index contributed by atoms with van der Waals surface area (Å²) < 4.78 is 0. The molecule has 0 saturated carbocycles. The molecule has 1 saturated heterocycles. The first kappa shape index (κ1) is 11.6. The molecule has 15 heavy (non-hydrogen) atoms. The number of piperidine rings is 1. The van der Waals surface area contributed by atoms with E-state index >= 15 is 0 Å². The lowest BCUT2D eigenvalue weighted by Gasteiger charge is -2.31. The van der Waals surface area contributed by atoms with Gasteiger partial charge in [0, 0.05) is 26.6 Å². The number of oxime groups is 1. The first-order valence-electron chi connectivity index (χ1n) is 5.10. The summed E-state index contributed by atoms with van der Waals surface area (Å²) >= 11 is 0. The molecule has 6 nitrogen and oxygen atoms in total. The highest BCUT2D eigenvalue weighted by atomic mass is 16.4. The number of hydrogen-bond acceptors (Lipinski definition) is 3. The fourth-order valence-electron chi connectivity index (χ4n) is 1.72. The Balaban J connectivity index is 2.27. The quantitative estimate of drug-likeness (QED) is 0.251. The lowest BCUT2D eigenvalue weighted by atomic mass is 9.97. The van der Waals surface area contributed by atoms with Gasteiger partial charge in [0.25, 0.3) is 0 Å². The molecule has 0 bridgehead atoms. The zero-order valence-electron chi connectivity index (χ0n) is 8.94. The van der Waals surface area contributed by atoms with Gasteiger partial charge in [-0.2, -0.15) is 0 Å². The zero-order valence-corrected chi connectivity index (χ0v) is 8.94. The van der Waals surface area contributed by atoms with Crippen LogP contribution in [0.1, 0.15) is 19.8 Å². The highest BCUT2D eigenvalue weighted by Crippen LogP contribution is 2.15. The van der Waals surface area contributed by atoms with Gasteiger partial charge in [-0.25, -0.2) is 0 Å². The van der Waals surface area contributed by atoms with Gasteiger partial charge in [-0.05, 0) is 18.8 Å². The third-order valence-corrected chi connectivity index (χ3v) is 2.68. The molecule has 0 aromatic rings. The van der Waals surface area contributed by atoms with E-state index in [4.69, 9.17) is 10.9 Å². The predicted octanol–water partition coefficient (Wildman–Crippen LogP) is -0.462. The summed E-state index contributed by atoms with van der Waals surface area (Å²) in [6.45, 7) is 3.80. The number of nitrogens with one attached hydrogen (secondary N) is 1. The van der Waals surface area contributed by atoms with E-state index in [9.17, 15) is 4.79 Å². The van der Waals surface area contributed by atoms with Crippen LogP contribution in [0.4, 0.5) is 0 Å². The van der Waals surface area contributed by atoms with Gasteiger partial charge in [0.15, 0.2) is 0 Å². The fourth-order valence-corrected chi connectivity index (χ4v) is 1.72. The van der Waals surface area contributed by atoms with Crippen molar-refractivity contribution < 1.29 is 10.0 Å². The molecule has 86 valence electrons. The molecule has 0 spiro atoms. The Bertz CT molecular complexity index is 246. The molecule has 0 aromatic heterocycles. The standard InChI is InChI=1S/C9H18N4O2/c1-7(14)11-6-8-2-4-13(5-3-8)9(10)12-15/h8,15H,2-6H2,1H3,(H2,10,12)(H,11,14). The maximum absolute atomic E-state index is 10.7. The summed E-state index contributed by atoms with van der Waals surface area (Å²) in [6.07, 6.45) is 1.91. The second-order valence-electron chi connectivity index (χ2n) is 3.83. The van der Waals surface area contributed by atoms with Crippen LogP contribution in [0.5, 0.6) is 0 Å². The number of hydrogen-bond donors (Lipinski definition) is 3. The Labute approximate surface area is 89.1 Å². The lowest BCUT2D eigenvalue weighted by Crippen LogP contribution is -2.44. The minimum atomic E-state index is 0.00821. The Morgan fingerprint density at radius 3 is 2.67 bits per heavy atom. The second-order valence-corrected chi connectivity index (χ2v) is 3.83. The predicted molar refractivity (Wildman–Crippen MR) is 56.4 cm³/mol. The molecule has 1 aliphatic rings. The number of carbonyl (C=O) groups excluding carboxylic acids is 1. The Morgan fingerprint density at radius 1 is 1.60 bits per heavy atom. The molecule has 6 heteroatoms. The van der Waals surface area contributed by atoms with Gasteiger partial charge >= 0.3 is 0 Å². The molecule has 1 rings (SSSR count). The van der Waals surface area contributed by atoms with Crippen molar-refractivity contribution in [3.63, 3.8) is 0 Å². The van der Waals surface area contributed by atoms with Crippen LogP contribution in [-0.4, -0.2) is 41.6 Å². The van der Waals surface area contributed by atoms with Crippen molar-refractivity contribution in [3.8, 4) is 0 Å². The number of rotatable bonds is 2. The molecule has 0 radical (unpaired) electrons. The highest BCUT2D eigenvalue weighted by molar-refractivity contribution is 5.77. The van der Waals surface area contributed by atoms with Crippen molar-refractivity contribution >= 4 is 11.9 Å². The molecule has 1 aliphatic heterocycles. The Kier molecular flexibility index (Phi) is 4.20. The average molecular weight is 214 g/mol. The minimum absolute atomic E-state index is 0.00821. The summed E-state index contributed by atoms with van der Waals surface area (Å²) in [5.41, 5.74) is 5.47. The largest absolute Gasteiger partial charge is 0.408 e. The topological polar surface area (TPSA) is 91.0 Å². The van der Waals surface area contributed by atoms with Crippen LogP contribution in [0.3, 0.4) is 0 Å². The van der Waals surface area contributed by atoms with Gasteiger partial charge in [0.1, 0.15) is 0 Å². The van der Waals surface area contributed by atoms with Gasteiger partial charge in [0.05, 0.1) is 0 Å². The van der Waals surface area contributed by atoms with Crippen LogP contribution >= 0.6 is 0 Å². The van der Waals surface area contributed by atoms with Crippen molar-refractivity contribution in [1.29, 1.82) is 0 Å². The maximum Gasteiger partial charge on any atom is 0.233 e. The summed E-state index contributed by atoms with van der Waals surface area (Å²) in [7, 11) is 0. The molecule has 0 atom stereocenters. The van der Waals surface area contributed by atoms with Gasteiger partial charge in [-0.3, -0.25) is 4.79 Å². The Morgan fingerprint density at radius 2 is 2.20 bits per heavy atom. The highest BCUT2D eigenvalue weighted by Gasteiger charge is 2.20. The van der Waals surface area contributed by atoms with Crippen molar-refractivity contribution in [2.45, 2.75) is 19.8 Å². The van der Waals surface area contributed by atoms with E-state index in [0.717, 1.165) is 32.5 Å². The van der Waals surface area contributed by atoms with Gasteiger partial charge in [-0.1, -0.05) is 5.16 Å². The fraction of sp³-hybridized carbons (Fsp3) is 0.778. The van der Waals surface area contributed by atoms with E-state index in [2.05, 4.69) is 10.5 Å². The van der Waals surface area contributed by atoms with Crippen LogP contribution < -0.4 is 11.1 Å².